The summed E-state index contributed by atoms with van der Waals surface area (Å²) in [7, 11) is 0. The maximum atomic E-state index is 12.2. The van der Waals surface area contributed by atoms with Gasteiger partial charge in [0.25, 0.3) is 5.56 Å². The van der Waals surface area contributed by atoms with E-state index in [4.69, 9.17) is 28.3 Å². The van der Waals surface area contributed by atoms with Crippen LogP contribution in [0.5, 0.6) is 0 Å². The monoisotopic (exact) mass is 366 g/mol. The second kappa shape index (κ2) is 6.16. The molecule has 2 heterocycles. The van der Waals surface area contributed by atoms with Gasteiger partial charge in [-0.25, -0.2) is 9.78 Å². The minimum absolute atomic E-state index is 0.0119. The van der Waals surface area contributed by atoms with Crippen molar-refractivity contribution in [2.45, 2.75) is 0 Å². The Bertz CT molecular complexity index is 1010. The van der Waals surface area contributed by atoms with Crippen LogP contribution in [0.3, 0.4) is 0 Å². The van der Waals surface area contributed by atoms with Crippen LogP contribution < -0.4 is 5.56 Å². The second-order valence-electron chi connectivity index (χ2n) is 4.52. The van der Waals surface area contributed by atoms with E-state index in [1.807, 2.05) is 18.2 Å². The standard InChI is InChI=1S/C15H8Cl2N2O3S/c16-9-4-2-1-3-8(9)5-6-10-12(17)13(20)19-7-11(14(21)22)23-15(19)18-10/h1-7H,(H,21,22)/b6-5+. The third-order valence-electron chi connectivity index (χ3n) is 3.04. The molecule has 116 valence electrons. The summed E-state index contributed by atoms with van der Waals surface area (Å²) < 4.78 is 1.13. The van der Waals surface area contributed by atoms with Crippen LogP contribution in [0.15, 0.2) is 35.3 Å². The molecule has 5 nitrogen and oxygen atoms in total. The van der Waals surface area contributed by atoms with E-state index < -0.39 is 11.5 Å². The molecule has 3 rings (SSSR count). The molecule has 2 aromatic heterocycles. The largest absolute Gasteiger partial charge is 0.477 e. The van der Waals surface area contributed by atoms with Crippen LogP contribution in [0.2, 0.25) is 10.0 Å². The zero-order valence-corrected chi connectivity index (χ0v) is 13.7. The van der Waals surface area contributed by atoms with Crippen LogP contribution in [0, 0.1) is 0 Å². The summed E-state index contributed by atoms with van der Waals surface area (Å²) in [5.74, 6) is -1.12. The lowest BCUT2D eigenvalue weighted by Crippen LogP contribution is -2.14. The molecule has 1 aromatic carbocycles. The van der Waals surface area contributed by atoms with E-state index in [2.05, 4.69) is 4.98 Å². The van der Waals surface area contributed by atoms with Gasteiger partial charge in [0.2, 0.25) is 0 Å². The van der Waals surface area contributed by atoms with Gasteiger partial charge in [0.15, 0.2) is 4.96 Å². The average Bonchev–Trinajstić information content (AvgIpc) is 2.95. The molecule has 0 unspecified atom stereocenters. The number of aromatic nitrogens is 2. The normalized spacial score (nSPS) is 11.4. The Morgan fingerprint density at radius 1 is 1.26 bits per heavy atom. The van der Waals surface area contributed by atoms with Crippen LogP contribution in [0.1, 0.15) is 20.9 Å². The van der Waals surface area contributed by atoms with Crippen LogP contribution >= 0.6 is 34.5 Å². The van der Waals surface area contributed by atoms with E-state index in [1.165, 1.54) is 6.20 Å². The van der Waals surface area contributed by atoms with Crippen LogP contribution in [-0.2, 0) is 0 Å². The van der Waals surface area contributed by atoms with Gasteiger partial charge >= 0.3 is 5.97 Å². The van der Waals surface area contributed by atoms with Crippen LogP contribution in [0.25, 0.3) is 17.1 Å². The molecule has 0 aliphatic heterocycles. The van der Waals surface area contributed by atoms with Crippen molar-refractivity contribution >= 4 is 57.6 Å². The molecular formula is C15H8Cl2N2O3S. The topological polar surface area (TPSA) is 71.7 Å². The summed E-state index contributed by atoms with van der Waals surface area (Å²) in [6.07, 6.45) is 4.48. The molecule has 3 aromatic rings. The predicted octanol–water partition coefficient (Wildman–Crippen LogP) is 3.93. The molecular weight excluding hydrogens is 359 g/mol. The third kappa shape index (κ3) is 3.01. The number of fused-ring (bicyclic) bond motifs is 1. The number of nitrogens with zero attached hydrogens (tertiary/aromatic N) is 2. The minimum Gasteiger partial charge on any atom is -0.477 e. The maximum absolute atomic E-state index is 12.2. The number of aromatic carboxylic acids is 1. The lowest BCUT2D eigenvalue weighted by atomic mass is 10.2. The van der Waals surface area contributed by atoms with Crippen molar-refractivity contribution in [1.82, 2.24) is 9.38 Å². The van der Waals surface area contributed by atoms with Crippen molar-refractivity contribution in [1.29, 1.82) is 0 Å². The maximum Gasteiger partial charge on any atom is 0.347 e. The first-order chi connectivity index (χ1) is 11.0. The van der Waals surface area contributed by atoms with Crippen molar-refractivity contribution in [3.05, 3.63) is 67.0 Å². The minimum atomic E-state index is -1.12. The quantitative estimate of drug-likeness (QED) is 0.761. The smallest absolute Gasteiger partial charge is 0.347 e. The highest BCUT2D eigenvalue weighted by atomic mass is 35.5. The molecule has 0 amide bonds. The van der Waals surface area contributed by atoms with Gasteiger partial charge in [-0.2, -0.15) is 0 Å². The second-order valence-corrected chi connectivity index (χ2v) is 6.32. The molecule has 8 heteroatoms. The summed E-state index contributed by atoms with van der Waals surface area (Å²) >= 11 is 13.0. The molecule has 0 atom stereocenters. The summed E-state index contributed by atoms with van der Waals surface area (Å²) in [4.78, 5) is 27.7. The molecule has 0 saturated carbocycles. The number of carboxylic acid groups (broad SMARTS) is 1. The number of hydrogen-bond acceptors (Lipinski definition) is 4. The number of carboxylic acids is 1. The van der Waals surface area contributed by atoms with Gasteiger partial charge < -0.3 is 5.11 Å². The highest BCUT2D eigenvalue weighted by Crippen LogP contribution is 2.21. The molecule has 0 bridgehead atoms. The van der Waals surface area contributed by atoms with Gasteiger partial charge in [0, 0.05) is 11.2 Å². The average molecular weight is 367 g/mol. The highest BCUT2D eigenvalue weighted by Gasteiger charge is 2.14. The first-order valence-electron chi connectivity index (χ1n) is 6.35. The lowest BCUT2D eigenvalue weighted by Gasteiger charge is -2.00. The molecule has 0 spiro atoms. The summed E-state index contributed by atoms with van der Waals surface area (Å²) in [5, 5.41) is 9.48. The first kappa shape index (κ1) is 15.7. The third-order valence-corrected chi connectivity index (χ3v) is 4.71. The number of benzene rings is 1. The lowest BCUT2D eigenvalue weighted by molar-refractivity contribution is 0.0702. The van der Waals surface area contributed by atoms with E-state index in [-0.39, 0.29) is 20.6 Å². The molecule has 1 N–H and O–H groups in total. The Kier molecular flexibility index (Phi) is 4.21. The molecule has 0 aliphatic carbocycles. The SMILES string of the molecule is O=C(O)c1cn2c(=O)c(Cl)c(/C=C/c3ccccc3Cl)nc2s1. The Labute approximate surface area is 144 Å². The van der Waals surface area contributed by atoms with E-state index >= 15 is 0 Å². The molecule has 0 aliphatic rings. The predicted molar refractivity (Wildman–Crippen MR) is 91.7 cm³/mol. The first-order valence-corrected chi connectivity index (χ1v) is 7.92. The van der Waals surface area contributed by atoms with Crippen molar-refractivity contribution in [2.75, 3.05) is 0 Å². The number of hydrogen-bond donors (Lipinski definition) is 1. The Morgan fingerprint density at radius 3 is 2.70 bits per heavy atom. The summed E-state index contributed by atoms with van der Waals surface area (Å²) in [6.45, 7) is 0. The zero-order chi connectivity index (χ0) is 16.6. The van der Waals surface area contributed by atoms with Gasteiger partial charge in [0.05, 0.1) is 5.69 Å². The Morgan fingerprint density at radius 2 is 2.00 bits per heavy atom. The zero-order valence-electron chi connectivity index (χ0n) is 11.4. The fourth-order valence-electron chi connectivity index (χ4n) is 1.92. The molecule has 0 saturated heterocycles. The number of carbonyl (C=O) groups is 1. The fraction of sp³-hybridized carbons (Fsp3) is 0. The van der Waals surface area contributed by atoms with E-state index in [1.54, 1.807) is 18.2 Å². The van der Waals surface area contributed by atoms with Crippen molar-refractivity contribution < 1.29 is 9.90 Å². The molecule has 0 radical (unpaired) electrons. The van der Waals surface area contributed by atoms with Crippen molar-refractivity contribution in [3.8, 4) is 0 Å². The Hall–Kier alpha value is -2.15. The van der Waals surface area contributed by atoms with Crippen molar-refractivity contribution in [2.24, 2.45) is 0 Å². The summed E-state index contributed by atoms with van der Waals surface area (Å²) in [5.41, 5.74) is 0.499. The van der Waals surface area contributed by atoms with E-state index in [0.717, 1.165) is 21.3 Å². The molecule has 0 fully saturated rings. The van der Waals surface area contributed by atoms with E-state index in [0.29, 0.717) is 5.02 Å². The van der Waals surface area contributed by atoms with Crippen LogP contribution in [0.4, 0.5) is 0 Å². The number of rotatable bonds is 3. The molecule has 23 heavy (non-hydrogen) atoms. The van der Waals surface area contributed by atoms with Gasteiger partial charge in [-0.05, 0) is 17.7 Å². The fourth-order valence-corrected chi connectivity index (χ4v) is 3.14. The van der Waals surface area contributed by atoms with E-state index in [9.17, 15) is 9.59 Å². The number of halogens is 2. The van der Waals surface area contributed by atoms with Crippen molar-refractivity contribution in [3.63, 3.8) is 0 Å². The highest BCUT2D eigenvalue weighted by molar-refractivity contribution is 7.18. The van der Waals surface area contributed by atoms with Gasteiger partial charge in [-0.1, -0.05) is 58.8 Å². The summed E-state index contributed by atoms with van der Waals surface area (Å²) in [6, 6.07) is 7.19. The van der Waals surface area contributed by atoms with Gasteiger partial charge in [-0.3, -0.25) is 9.20 Å². The van der Waals surface area contributed by atoms with Crippen LogP contribution in [-0.4, -0.2) is 20.5 Å². The van der Waals surface area contributed by atoms with Gasteiger partial charge in [-0.15, -0.1) is 0 Å². The Balaban J connectivity index is 2.11. The van der Waals surface area contributed by atoms with Gasteiger partial charge in [0.1, 0.15) is 9.90 Å². The number of thiazole rings is 1.